The fourth-order valence-corrected chi connectivity index (χ4v) is 3.02. The Kier molecular flexibility index (Phi) is 5.93. The van der Waals surface area contributed by atoms with Gasteiger partial charge >= 0.3 is 7.82 Å². The highest BCUT2D eigenvalue weighted by molar-refractivity contribution is 7.91. The van der Waals surface area contributed by atoms with Crippen molar-refractivity contribution in [1.29, 1.82) is 0 Å². The van der Waals surface area contributed by atoms with E-state index in [-0.39, 0.29) is 0 Å². The first-order valence-electron chi connectivity index (χ1n) is 3.72. The van der Waals surface area contributed by atoms with E-state index < -0.39 is 28.6 Å². The Balaban J connectivity index is 0.000000262. The molecule has 0 aromatic rings. The predicted octanol–water partition coefficient (Wildman–Crippen LogP) is -1.18. The second-order valence-corrected chi connectivity index (χ2v) is 7.04. The summed E-state index contributed by atoms with van der Waals surface area (Å²) in [6.45, 7) is 0. The van der Waals surface area contributed by atoms with Gasteiger partial charge in [-0.2, -0.15) is 3.97 Å². The molecule has 1 saturated heterocycles. The number of hydrogen-bond acceptors (Lipinski definition) is 6. The normalized spacial score (nSPS) is 19.7. The predicted molar refractivity (Wildman–Crippen MR) is 51.3 cm³/mol. The van der Waals surface area contributed by atoms with Crippen molar-refractivity contribution in [3.05, 3.63) is 0 Å². The van der Waals surface area contributed by atoms with Gasteiger partial charge in [0.25, 0.3) is 11.0 Å². The lowest BCUT2D eigenvalue weighted by Crippen LogP contribution is -1.98. The minimum absolute atomic E-state index is 0.424. The van der Waals surface area contributed by atoms with Gasteiger partial charge in [0.05, 0.1) is 11.5 Å². The third-order valence-corrected chi connectivity index (χ3v) is 4.54. The van der Waals surface area contributed by atoms with Crippen molar-refractivity contribution in [3.8, 4) is 0 Å². The molecule has 0 bridgehead atoms. The maximum atomic E-state index is 10.4. The summed E-state index contributed by atoms with van der Waals surface area (Å²) in [7, 11) is -10.8. The third kappa shape index (κ3) is 10.3. The van der Waals surface area contributed by atoms with Crippen LogP contribution in [0.3, 0.4) is 0 Å². The summed E-state index contributed by atoms with van der Waals surface area (Å²) in [5, 5.41) is 0. The minimum Gasteiger partial charge on any atom is -0.302 e. The van der Waals surface area contributed by atoms with Crippen LogP contribution in [0.4, 0.5) is 0 Å². The largest absolute Gasteiger partial charge is 0.484 e. The van der Waals surface area contributed by atoms with Crippen molar-refractivity contribution in [3.63, 3.8) is 0 Å². The lowest BCUT2D eigenvalue weighted by molar-refractivity contribution is 0.289. The zero-order valence-corrected chi connectivity index (χ0v) is 10.1. The van der Waals surface area contributed by atoms with Gasteiger partial charge in [-0.25, -0.2) is 21.4 Å². The van der Waals surface area contributed by atoms with E-state index in [1.54, 1.807) is 0 Å². The molecule has 0 aliphatic carbocycles. The maximum absolute atomic E-state index is 10.4. The first-order chi connectivity index (χ1) is 6.62. The quantitative estimate of drug-likeness (QED) is 0.425. The maximum Gasteiger partial charge on any atom is 0.484 e. The zero-order chi connectivity index (χ0) is 12.1. The van der Waals surface area contributed by atoms with Crippen LogP contribution < -0.4 is 0 Å². The van der Waals surface area contributed by atoms with Crippen LogP contribution in [-0.4, -0.2) is 38.1 Å². The van der Waals surface area contributed by atoms with Crippen molar-refractivity contribution in [2.24, 2.45) is 0 Å². The van der Waals surface area contributed by atoms with E-state index in [0.717, 1.165) is 12.8 Å². The molecule has 0 saturated carbocycles. The molecular weight excluding hydrogens is 271 g/mol. The van der Waals surface area contributed by atoms with Crippen LogP contribution in [-0.2, 0) is 29.4 Å². The van der Waals surface area contributed by atoms with Crippen molar-refractivity contribution < 1.29 is 35.2 Å². The highest BCUT2D eigenvalue weighted by Gasteiger charge is 2.16. The molecule has 0 aromatic heterocycles. The smallest absolute Gasteiger partial charge is 0.302 e. The standard InChI is InChI=1S/C4H8O2S.H3O6PS/c5-7(6)3-1-2-4-7;1-7(2,3)6-8(4)5/h1-4H2;8H,(H2,1,2,3). The Hall–Kier alpha value is 0.01000. The van der Waals surface area contributed by atoms with Crippen LogP contribution in [0.15, 0.2) is 0 Å². The van der Waals surface area contributed by atoms with E-state index in [0.29, 0.717) is 11.5 Å². The molecule has 11 heteroatoms. The van der Waals surface area contributed by atoms with Crippen LogP contribution in [0.25, 0.3) is 0 Å². The Bertz CT molecular complexity index is 382. The van der Waals surface area contributed by atoms with Crippen molar-refractivity contribution in [2.45, 2.75) is 12.8 Å². The first kappa shape index (κ1) is 15.0. The van der Waals surface area contributed by atoms with Gasteiger partial charge in [-0.3, -0.25) is 0 Å². The molecule has 1 aliphatic heterocycles. The monoisotopic (exact) mass is 282 g/mol. The molecular formula is C4H11O8PS2. The topological polar surface area (TPSA) is 135 Å². The van der Waals surface area contributed by atoms with E-state index in [9.17, 15) is 21.4 Å². The molecule has 92 valence electrons. The van der Waals surface area contributed by atoms with Gasteiger partial charge in [-0.05, 0) is 12.8 Å². The van der Waals surface area contributed by atoms with Crippen molar-refractivity contribution in [2.75, 3.05) is 11.5 Å². The molecule has 1 heterocycles. The summed E-state index contributed by atoms with van der Waals surface area (Å²) in [6, 6.07) is 0. The van der Waals surface area contributed by atoms with Gasteiger partial charge in [-0.1, -0.05) is 0 Å². The molecule has 0 spiro atoms. The molecule has 1 aliphatic rings. The van der Waals surface area contributed by atoms with Crippen LogP contribution in [0.2, 0.25) is 0 Å². The van der Waals surface area contributed by atoms with E-state index >= 15 is 0 Å². The van der Waals surface area contributed by atoms with Gasteiger partial charge in [0, 0.05) is 0 Å². The van der Waals surface area contributed by atoms with Crippen LogP contribution in [0.5, 0.6) is 0 Å². The first-order valence-corrected chi connectivity index (χ1v) is 8.17. The van der Waals surface area contributed by atoms with Crippen molar-refractivity contribution >= 4 is 28.6 Å². The number of hydrogen-bond donors (Lipinski definition) is 3. The van der Waals surface area contributed by atoms with Gasteiger partial charge in [0.15, 0.2) is 0 Å². The number of sulfone groups is 1. The molecule has 0 aromatic carbocycles. The molecule has 1 rings (SSSR count). The molecule has 0 amide bonds. The summed E-state index contributed by atoms with van der Waals surface area (Å²) < 4.78 is 52.1. The van der Waals surface area contributed by atoms with Crippen molar-refractivity contribution in [1.82, 2.24) is 0 Å². The fraction of sp³-hybridized carbons (Fsp3) is 1.00. The lowest BCUT2D eigenvalue weighted by Gasteiger charge is -1.92. The summed E-state index contributed by atoms with van der Waals surface area (Å²) in [6.07, 6.45) is 1.75. The molecule has 8 nitrogen and oxygen atoms in total. The molecule has 1 fully saturated rings. The highest BCUT2D eigenvalue weighted by Crippen LogP contribution is 2.35. The third-order valence-electron chi connectivity index (χ3n) is 1.33. The second kappa shape index (κ2) is 5.92. The number of phosphoric acid groups is 1. The molecule has 0 atom stereocenters. The summed E-state index contributed by atoms with van der Waals surface area (Å²) >= 11 is 0. The highest BCUT2D eigenvalue weighted by atomic mass is 32.2. The Morgan fingerprint density at radius 3 is 1.60 bits per heavy atom. The summed E-state index contributed by atoms with van der Waals surface area (Å²) in [5.41, 5.74) is 0. The average molecular weight is 282 g/mol. The van der Waals surface area contributed by atoms with E-state index in [1.165, 1.54) is 0 Å². The zero-order valence-electron chi connectivity index (χ0n) is 7.48. The number of thiol groups is 1. The minimum atomic E-state index is -4.82. The summed E-state index contributed by atoms with van der Waals surface area (Å²) in [4.78, 5) is 15.4. The fourth-order valence-electron chi connectivity index (χ4n) is 0.833. The van der Waals surface area contributed by atoms with Gasteiger partial charge in [-0.15, -0.1) is 0 Å². The Morgan fingerprint density at radius 2 is 1.53 bits per heavy atom. The van der Waals surface area contributed by atoms with Crippen LogP contribution >= 0.6 is 7.82 Å². The summed E-state index contributed by atoms with van der Waals surface area (Å²) in [5.74, 6) is 0.847. The molecule has 0 unspecified atom stereocenters. The van der Waals surface area contributed by atoms with Gasteiger partial charge < -0.3 is 9.79 Å². The SMILES string of the molecule is O=S1(=O)CCCC1.O=[SH](=O)OP(=O)(O)O. The van der Waals surface area contributed by atoms with E-state index in [1.807, 2.05) is 0 Å². The van der Waals surface area contributed by atoms with Crippen LogP contribution in [0.1, 0.15) is 12.8 Å². The Labute approximate surface area is 88.6 Å². The van der Waals surface area contributed by atoms with Crippen LogP contribution in [0, 0.1) is 0 Å². The second-order valence-electron chi connectivity index (χ2n) is 2.65. The van der Waals surface area contributed by atoms with E-state index in [4.69, 9.17) is 9.79 Å². The van der Waals surface area contributed by atoms with Gasteiger partial charge in [0.1, 0.15) is 9.84 Å². The van der Waals surface area contributed by atoms with Gasteiger partial charge in [0.2, 0.25) is 0 Å². The molecule has 15 heavy (non-hydrogen) atoms. The van der Waals surface area contributed by atoms with E-state index in [2.05, 4.69) is 3.97 Å². The average Bonchev–Trinajstić information content (AvgIpc) is 2.29. The Morgan fingerprint density at radius 1 is 1.13 bits per heavy atom. The number of rotatable bonds is 2. The molecule has 0 radical (unpaired) electrons. The lowest BCUT2D eigenvalue weighted by atomic mass is 10.4. The molecule has 2 N–H and O–H groups in total.